The molecule has 0 amide bonds. The van der Waals surface area contributed by atoms with E-state index in [9.17, 15) is 8.96 Å². The molecule has 12 heavy (non-hydrogen) atoms. The molecule has 0 radical (unpaired) electrons. The molecule has 0 fully saturated rings. The Morgan fingerprint density at radius 2 is 1.67 bits per heavy atom. The molecule has 0 saturated heterocycles. The first-order valence-electron chi connectivity index (χ1n) is 3.70. The van der Waals surface area contributed by atoms with Gasteiger partial charge in [0, 0.05) is 5.66 Å². The molecule has 0 N–H and O–H groups in total. The van der Waals surface area contributed by atoms with E-state index in [0.29, 0.717) is 5.66 Å². The van der Waals surface area contributed by atoms with Gasteiger partial charge in [0.1, 0.15) is 5.82 Å². The van der Waals surface area contributed by atoms with E-state index < -0.39 is 0 Å². The summed E-state index contributed by atoms with van der Waals surface area (Å²) in [7, 11) is 0.247. The van der Waals surface area contributed by atoms with Crippen LogP contribution in [0.25, 0.3) is 0 Å². The van der Waals surface area contributed by atoms with Crippen LogP contribution in [0.1, 0.15) is 13.8 Å². The molecule has 66 valence electrons. The summed E-state index contributed by atoms with van der Waals surface area (Å²) in [5.41, 5.74) is 0.301. The third kappa shape index (κ3) is 7.36. The summed E-state index contributed by atoms with van der Waals surface area (Å²) in [5, 5.41) is 0. The lowest BCUT2D eigenvalue weighted by Crippen LogP contribution is -1.72. The summed E-state index contributed by atoms with van der Waals surface area (Å²) >= 11 is 0. The molecule has 1 aromatic carbocycles. The van der Waals surface area contributed by atoms with Crippen molar-refractivity contribution < 1.29 is 8.96 Å². The van der Waals surface area contributed by atoms with E-state index >= 15 is 0 Å². The van der Waals surface area contributed by atoms with Crippen LogP contribution in [0.5, 0.6) is 0 Å². The Morgan fingerprint density at radius 1 is 1.25 bits per heavy atom. The van der Waals surface area contributed by atoms with Gasteiger partial charge < -0.3 is 0 Å². The van der Waals surface area contributed by atoms with Crippen LogP contribution in [0, 0.1) is 5.82 Å². The van der Waals surface area contributed by atoms with Crippen LogP contribution >= 0.6 is 8.46 Å². The van der Waals surface area contributed by atoms with Gasteiger partial charge in [-0.3, -0.25) is 4.57 Å². The topological polar surface area (TPSA) is 17.1 Å². The van der Waals surface area contributed by atoms with Crippen molar-refractivity contribution in [2.24, 2.45) is 0 Å². The van der Waals surface area contributed by atoms with Crippen LogP contribution in [0.3, 0.4) is 0 Å². The van der Waals surface area contributed by atoms with Gasteiger partial charge in [0.25, 0.3) is 0 Å². The maximum atomic E-state index is 11.9. The summed E-state index contributed by atoms with van der Waals surface area (Å²) in [5.74, 6) is -0.178. The average molecular weight is 186 g/mol. The first-order valence-corrected chi connectivity index (χ1v) is 4.58. The Kier molecular flexibility index (Phi) is 6.50. The molecular weight excluding hydrogens is 174 g/mol. The molecule has 0 aliphatic heterocycles. The molecule has 0 saturated carbocycles. The normalized spacial score (nSPS) is 9.33. The van der Waals surface area contributed by atoms with Crippen molar-refractivity contribution in [2.45, 2.75) is 19.5 Å². The zero-order chi connectivity index (χ0) is 9.40. The molecule has 1 nitrogen and oxygen atoms in total. The van der Waals surface area contributed by atoms with E-state index in [1.807, 2.05) is 13.8 Å². The van der Waals surface area contributed by atoms with Gasteiger partial charge in [0.2, 0.25) is 0 Å². The van der Waals surface area contributed by atoms with E-state index in [1.165, 1.54) is 12.1 Å². The van der Waals surface area contributed by atoms with Crippen LogP contribution < -0.4 is 0 Å². The number of halogens is 1. The third-order valence-corrected chi connectivity index (χ3v) is 1.37. The number of benzene rings is 1. The van der Waals surface area contributed by atoms with Gasteiger partial charge in [-0.25, -0.2) is 4.39 Å². The fraction of sp³-hybridized carbons (Fsp3) is 0.333. The van der Waals surface area contributed by atoms with Crippen molar-refractivity contribution in [3.63, 3.8) is 0 Å². The highest BCUT2D eigenvalue weighted by Gasteiger charge is 1.81. The van der Waals surface area contributed by atoms with Crippen LogP contribution in [0.4, 0.5) is 4.39 Å². The molecule has 0 bridgehead atoms. The molecule has 0 atom stereocenters. The largest absolute Gasteiger partial charge is 0.275 e. The second kappa shape index (κ2) is 6.93. The molecule has 0 aromatic heterocycles. The molecular formula is C9H12FOP. The van der Waals surface area contributed by atoms with Crippen LogP contribution in [0.2, 0.25) is 0 Å². The van der Waals surface area contributed by atoms with Crippen LogP contribution in [-0.2, 0) is 4.57 Å². The Balaban J connectivity index is 0.000000217. The standard InChI is InChI=1S/C6H5F.C3H7OP/c7-6-4-2-1-3-5-6;1-3(2)5-4/h1-5H;3H,1-2H3. The second-order valence-electron chi connectivity index (χ2n) is 2.49. The SMILES string of the molecule is CC(C)P=O.Fc1ccccc1. The molecule has 0 aliphatic rings. The lowest BCUT2D eigenvalue weighted by Gasteiger charge is -1.78. The average Bonchev–Trinajstić information content (AvgIpc) is 2.07. The van der Waals surface area contributed by atoms with E-state index in [4.69, 9.17) is 0 Å². The zero-order valence-corrected chi connectivity index (χ0v) is 8.09. The van der Waals surface area contributed by atoms with Gasteiger partial charge in [-0.2, -0.15) is 0 Å². The predicted molar refractivity (Wildman–Crippen MR) is 49.1 cm³/mol. The molecule has 0 aliphatic carbocycles. The fourth-order valence-electron chi connectivity index (χ4n) is 0.415. The van der Waals surface area contributed by atoms with Crippen LogP contribution in [-0.4, -0.2) is 5.66 Å². The lowest BCUT2D eigenvalue weighted by atomic mass is 10.4. The summed E-state index contributed by atoms with van der Waals surface area (Å²) < 4.78 is 21.5. The summed E-state index contributed by atoms with van der Waals surface area (Å²) in [6.07, 6.45) is 0. The highest BCUT2D eigenvalue weighted by molar-refractivity contribution is 7.24. The maximum absolute atomic E-state index is 11.9. The minimum atomic E-state index is -0.178. The highest BCUT2D eigenvalue weighted by Crippen LogP contribution is 2.00. The van der Waals surface area contributed by atoms with E-state index in [-0.39, 0.29) is 14.3 Å². The summed E-state index contributed by atoms with van der Waals surface area (Å²) in [6, 6.07) is 7.94. The third-order valence-electron chi connectivity index (χ3n) is 0.944. The Morgan fingerprint density at radius 3 is 1.83 bits per heavy atom. The molecule has 0 spiro atoms. The van der Waals surface area contributed by atoms with Gasteiger partial charge in [0.05, 0.1) is 0 Å². The van der Waals surface area contributed by atoms with E-state index in [0.717, 1.165) is 0 Å². The molecule has 0 heterocycles. The predicted octanol–water partition coefficient (Wildman–Crippen LogP) is 3.51. The minimum Gasteiger partial charge on any atom is -0.275 e. The smallest absolute Gasteiger partial charge is 0.158 e. The number of hydrogen-bond acceptors (Lipinski definition) is 1. The van der Waals surface area contributed by atoms with Gasteiger partial charge in [-0.15, -0.1) is 0 Å². The molecule has 0 unspecified atom stereocenters. The van der Waals surface area contributed by atoms with Gasteiger partial charge >= 0.3 is 0 Å². The second-order valence-corrected chi connectivity index (χ2v) is 3.74. The van der Waals surface area contributed by atoms with E-state index in [1.54, 1.807) is 18.2 Å². The molecule has 1 aromatic rings. The maximum Gasteiger partial charge on any atom is 0.158 e. The van der Waals surface area contributed by atoms with Gasteiger partial charge in [0.15, 0.2) is 8.46 Å². The van der Waals surface area contributed by atoms with Crippen molar-refractivity contribution in [1.29, 1.82) is 0 Å². The van der Waals surface area contributed by atoms with Crippen molar-refractivity contribution in [2.75, 3.05) is 0 Å². The van der Waals surface area contributed by atoms with E-state index in [2.05, 4.69) is 0 Å². The monoisotopic (exact) mass is 186 g/mol. The van der Waals surface area contributed by atoms with Gasteiger partial charge in [-0.1, -0.05) is 32.0 Å². The van der Waals surface area contributed by atoms with Crippen molar-refractivity contribution in [1.82, 2.24) is 0 Å². The number of hydrogen-bond donors (Lipinski definition) is 0. The lowest BCUT2D eigenvalue weighted by molar-refractivity contribution is 0.594. The van der Waals surface area contributed by atoms with Gasteiger partial charge in [-0.05, 0) is 12.1 Å². The molecule has 3 heteroatoms. The summed E-state index contributed by atoms with van der Waals surface area (Å²) in [6.45, 7) is 3.79. The summed E-state index contributed by atoms with van der Waals surface area (Å²) in [4.78, 5) is 0. The van der Waals surface area contributed by atoms with Crippen molar-refractivity contribution >= 4 is 8.46 Å². The Labute approximate surface area is 73.8 Å². The highest BCUT2D eigenvalue weighted by atomic mass is 31.1. The minimum absolute atomic E-state index is 0.178. The molecule has 1 rings (SSSR count). The fourth-order valence-corrected chi connectivity index (χ4v) is 0.415. The van der Waals surface area contributed by atoms with Crippen LogP contribution in [0.15, 0.2) is 30.3 Å². The van der Waals surface area contributed by atoms with Crippen molar-refractivity contribution in [3.8, 4) is 0 Å². The zero-order valence-electron chi connectivity index (χ0n) is 7.20. The Bertz CT molecular complexity index is 211. The van der Waals surface area contributed by atoms with Crippen molar-refractivity contribution in [3.05, 3.63) is 36.1 Å². The first kappa shape index (κ1) is 11.2. The first-order chi connectivity index (χ1) is 5.66. The number of rotatable bonds is 1. The quantitative estimate of drug-likeness (QED) is 0.613. The Hall–Kier alpha value is -0.750.